The highest BCUT2D eigenvalue weighted by Gasteiger charge is 2.29. The number of aryl methyl sites for hydroxylation is 1. The highest BCUT2D eigenvalue weighted by Crippen LogP contribution is 2.44. The summed E-state index contributed by atoms with van der Waals surface area (Å²) < 4.78 is 16.7. The molecule has 1 aliphatic rings. The van der Waals surface area contributed by atoms with E-state index in [-0.39, 0.29) is 19.1 Å². The van der Waals surface area contributed by atoms with Gasteiger partial charge in [0.05, 0.1) is 26.3 Å². The van der Waals surface area contributed by atoms with Crippen LogP contribution in [0.1, 0.15) is 35.1 Å². The molecular formula is C26H27NO4. The number of hydrogen-bond donors (Lipinski definition) is 1. The highest BCUT2D eigenvalue weighted by molar-refractivity contribution is 5.79. The molecule has 5 nitrogen and oxygen atoms in total. The average molecular weight is 418 g/mol. The van der Waals surface area contributed by atoms with Crippen molar-refractivity contribution in [3.8, 4) is 22.6 Å². The minimum Gasteiger partial charge on any atom is -0.496 e. The highest BCUT2D eigenvalue weighted by atomic mass is 16.5. The molecule has 0 saturated carbocycles. The molecule has 0 aromatic heterocycles. The van der Waals surface area contributed by atoms with E-state index < -0.39 is 6.09 Å². The van der Waals surface area contributed by atoms with Crippen LogP contribution in [0.25, 0.3) is 11.1 Å². The Morgan fingerprint density at radius 2 is 1.55 bits per heavy atom. The fraction of sp³-hybridized carbons (Fsp3) is 0.269. The number of ether oxygens (including phenoxy) is 3. The van der Waals surface area contributed by atoms with Gasteiger partial charge in [0.1, 0.15) is 18.1 Å². The van der Waals surface area contributed by atoms with Gasteiger partial charge in [-0.15, -0.1) is 0 Å². The lowest BCUT2D eigenvalue weighted by Crippen LogP contribution is -2.26. The standard InChI is InChI=1S/C26H27NO4/c1-4-17-13-14-24(29-2)22(25(17)30-3)15-27-26(28)31-16-23-20-11-7-5-9-18(20)19-10-6-8-12-21(19)23/h5-14,23H,4,15-16H2,1-3H3,(H,27,28). The molecule has 3 aromatic carbocycles. The van der Waals surface area contributed by atoms with Gasteiger partial charge in [-0.2, -0.15) is 0 Å². The van der Waals surface area contributed by atoms with E-state index in [0.29, 0.717) is 5.75 Å². The number of alkyl carbamates (subject to hydrolysis) is 1. The molecule has 1 amide bonds. The summed E-state index contributed by atoms with van der Waals surface area (Å²) in [7, 11) is 3.24. The number of nitrogens with one attached hydrogen (secondary N) is 1. The first-order valence-electron chi connectivity index (χ1n) is 10.5. The molecule has 0 spiro atoms. The minimum atomic E-state index is -0.465. The van der Waals surface area contributed by atoms with Crippen LogP contribution in [-0.2, 0) is 17.7 Å². The number of fused-ring (bicyclic) bond motifs is 3. The predicted molar refractivity (Wildman–Crippen MR) is 121 cm³/mol. The Morgan fingerprint density at radius 3 is 2.13 bits per heavy atom. The van der Waals surface area contributed by atoms with Crippen molar-refractivity contribution in [2.45, 2.75) is 25.8 Å². The van der Waals surface area contributed by atoms with Crippen LogP contribution in [-0.4, -0.2) is 26.9 Å². The number of rotatable bonds is 7. The van der Waals surface area contributed by atoms with Crippen molar-refractivity contribution in [2.75, 3.05) is 20.8 Å². The maximum Gasteiger partial charge on any atom is 0.407 e. The van der Waals surface area contributed by atoms with E-state index in [1.807, 2.05) is 36.4 Å². The van der Waals surface area contributed by atoms with Gasteiger partial charge in [0.2, 0.25) is 0 Å². The Balaban J connectivity index is 1.46. The third-order valence-electron chi connectivity index (χ3n) is 5.86. The van der Waals surface area contributed by atoms with Crippen molar-refractivity contribution in [2.24, 2.45) is 0 Å². The number of carbonyl (C=O) groups is 1. The maximum absolute atomic E-state index is 12.5. The molecule has 0 unspecified atom stereocenters. The number of methoxy groups -OCH3 is 2. The molecular weight excluding hydrogens is 390 g/mol. The molecule has 31 heavy (non-hydrogen) atoms. The molecule has 0 bridgehead atoms. The Morgan fingerprint density at radius 1 is 0.903 bits per heavy atom. The monoisotopic (exact) mass is 417 g/mol. The SMILES string of the molecule is CCc1ccc(OC)c(CNC(=O)OCC2c3ccccc3-c3ccccc32)c1OC. The lowest BCUT2D eigenvalue weighted by molar-refractivity contribution is 0.142. The Bertz CT molecular complexity index is 1050. The van der Waals surface area contributed by atoms with Gasteiger partial charge in [-0.3, -0.25) is 0 Å². The van der Waals surface area contributed by atoms with Gasteiger partial charge in [-0.1, -0.05) is 61.5 Å². The quantitative estimate of drug-likeness (QED) is 0.566. The fourth-order valence-electron chi connectivity index (χ4n) is 4.36. The van der Waals surface area contributed by atoms with Crippen molar-refractivity contribution in [1.82, 2.24) is 5.32 Å². The van der Waals surface area contributed by atoms with E-state index in [9.17, 15) is 4.79 Å². The van der Waals surface area contributed by atoms with Crippen LogP contribution in [0.3, 0.4) is 0 Å². The van der Waals surface area contributed by atoms with Gasteiger partial charge >= 0.3 is 6.09 Å². The number of benzene rings is 3. The van der Waals surface area contributed by atoms with Crippen LogP contribution >= 0.6 is 0 Å². The smallest absolute Gasteiger partial charge is 0.407 e. The average Bonchev–Trinajstić information content (AvgIpc) is 3.14. The van der Waals surface area contributed by atoms with Crippen molar-refractivity contribution >= 4 is 6.09 Å². The third-order valence-corrected chi connectivity index (χ3v) is 5.86. The van der Waals surface area contributed by atoms with Crippen LogP contribution in [0.5, 0.6) is 11.5 Å². The normalized spacial score (nSPS) is 12.1. The molecule has 160 valence electrons. The summed E-state index contributed by atoms with van der Waals surface area (Å²) in [6, 6.07) is 20.5. The van der Waals surface area contributed by atoms with E-state index in [1.54, 1.807) is 14.2 Å². The number of amides is 1. The summed E-state index contributed by atoms with van der Waals surface area (Å²) in [6.45, 7) is 2.60. The van der Waals surface area contributed by atoms with Crippen molar-refractivity contribution < 1.29 is 19.0 Å². The summed E-state index contributed by atoms with van der Waals surface area (Å²) in [5.74, 6) is 1.44. The number of carbonyl (C=O) groups excluding carboxylic acids is 1. The van der Waals surface area contributed by atoms with Crippen molar-refractivity contribution in [3.05, 3.63) is 82.9 Å². The second-order valence-electron chi connectivity index (χ2n) is 7.47. The summed E-state index contributed by atoms with van der Waals surface area (Å²) >= 11 is 0. The Hall–Kier alpha value is -3.47. The molecule has 1 N–H and O–H groups in total. The van der Waals surface area contributed by atoms with Crippen LogP contribution in [0, 0.1) is 0 Å². The largest absolute Gasteiger partial charge is 0.496 e. The van der Waals surface area contributed by atoms with Gasteiger partial charge in [0.15, 0.2) is 0 Å². The zero-order chi connectivity index (χ0) is 21.8. The van der Waals surface area contributed by atoms with Gasteiger partial charge in [-0.05, 0) is 40.3 Å². The Kier molecular flexibility index (Phi) is 6.12. The molecule has 3 aromatic rings. The van der Waals surface area contributed by atoms with Gasteiger partial charge in [0.25, 0.3) is 0 Å². The van der Waals surface area contributed by atoms with Crippen molar-refractivity contribution in [3.63, 3.8) is 0 Å². The molecule has 4 rings (SSSR count). The van der Waals surface area contributed by atoms with Crippen LogP contribution in [0.4, 0.5) is 4.79 Å². The lowest BCUT2D eigenvalue weighted by atomic mass is 9.98. The third kappa shape index (κ3) is 3.96. The molecule has 0 heterocycles. The summed E-state index contributed by atoms with van der Waals surface area (Å²) in [5, 5.41) is 2.85. The molecule has 0 radical (unpaired) electrons. The van der Waals surface area contributed by atoms with Crippen LogP contribution in [0.15, 0.2) is 60.7 Å². The molecule has 0 atom stereocenters. The zero-order valence-electron chi connectivity index (χ0n) is 18.1. The van der Waals surface area contributed by atoms with E-state index in [2.05, 4.69) is 36.5 Å². The van der Waals surface area contributed by atoms with Gasteiger partial charge in [0, 0.05) is 5.92 Å². The zero-order valence-corrected chi connectivity index (χ0v) is 18.1. The summed E-state index contributed by atoms with van der Waals surface area (Å²) in [6.07, 6.45) is 0.360. The fourth-order valence-corrected chi connectivity index (χ4v) is 4.36. The second-order valence-corrected chi connectivity index (χ2v) is 7.47. The van der Waals surface area contributed by atoms with E-state index >= 15 is 0 Å². The van der Waals surface area contributed by atoms with Crippen molar-refractivity contribution in [1.29, 1.82) is 0 Å². The first kappa shape index (κ1) is 20.8. The summed E-state index contributed by atoms with van der Waals surface area (Å²) in [5.41, 5.74) is 6.66. The maximum atomic E-state index is 12.5. The molecule has 0 aliphatic heterocycles. The van der Waals surface area contributed by atoms with Crippen LogP contribution < -0.4 is 14.8 Å². The number of hydrogen-bond acceptors (Lipinski definition) is 4. The molecule has 0 fully saturated rings. The van der Waals surface area contributed by atoms with E-state index in [0.717, 1.165) is 23.3 Å². The predicted octanol–water partition coefficient (Wildman–Crippen LogP) is 5.30. The van der Waals surface area contributed by atoms with Crippen LogP contribution in [0.2, 0.25) is 0 Å². The summed E-state index contributed by atoms with van der Waals surface area (Å²) in [4.78, 5) is 12.5. The molecule has 0 saturated heterocycles. The molecule has 1 aliphatic carbocycles. The molecule has 5 heteroatoms. The van der Waals surface area contributed by atoms with E-state index in [4.69, 9.17) is 14.2 Å². The topological polar surface area (TPSA) is 56.8 Å². The first-order valence-corrected chi connectivity index (χ1v) is 10.5. The first-order chi connectivity index (χ1) is 15.2. The lowest BCUT2D eigenvalue weighted by Gasteiger charge is -2.18. The minimum absolute atomic E-state index is 0.0330. The Labute approximate surface area is 183 Å². The van der Waals surface area contributed by atoms with E-state index in [1.165, 1.54) is 22.3 Å². The second kappa shape index (κ2) is 9.13. The van der Waals surface area contributed by atoms with Gasteiger partial charge in [-0.25, -0.2) is 4.79 Å². The van der Waals surface area contributed by atoms with Gasteiger partial charge < -0.3 is 19.5 Å².